The number of nitrogen functional groups attached to an aromatic ring is 1. The van der Waals surface area contributed by atoms with Crippen LogP contribution in [0, 0.1) is 0 Å². The van der Waals surface area contributed by atoms with E-state index in [4.69, 9.17) is 15.2 Å². The molecule has 0 amide bonds. The molecule has 0 atom stereocenters. The SMILES string of the molecule is CCn1cc(N)nc1COc1ccc(OC)cc1. The average molecular weight is 247 g/mol. The van der Waals surface area contributed by atoms with Gasteiger partial charge in [0.25, 0.3) is 0 Å². The van der Waals surface area contributed by atoms with Crippen molar-refractivity contribution in [2.75, 3.05) is 12.8 Å². The maximum Gasteiger partial charge on any atom is 0.149 e. The number of nitrogens with zero attached hydrogens (tertiary/aromatic N) is 2. The Morgan fingerprint density at radius 1 is 1.22 bits per heavy atom. The molecule has 0 radical (unpaired) electrons. The number of benzene rings is 1. The van der Waals surface area contributed by atoms with Crippen molar-refractivity contribution in [1.82, 2.24) is 9.55 Å². The lowest BCUT2D eigenvalue weighted by atomic mass is 10.3. The second-order valence-electron chi connectivity index (χ2n) is 3.83. The molecule has 0 fully saturated rings. The van der Waals surface area contributed by atoms with Gasteiger partial charge in [0.05, 0.1) is 7.11 Å². The highest BCUT2D eigenvalue weighted by atomic mass is 16.5. The van der Waals surface area contributed by atoms with Crippen molar-refractivity contribution in [2.45, 2.75) is 20.1 Å². The zero-order valence-corrected chi connectivity index (χ0v) is 10.6. The van der Waals surface area contributed by atoms with Crippen LogP contribution in [0.4, 0.5) is 5.82 Å². The lowest BCUT2D eigenvalue weighted by Gasteiger charge is -2.08. The molecular weight excluding hydrogens is 230 g/mol. The van der Waals surface area contributed by atoms with E-state index in [0.29, 0.717) is 12.4 Å². The van der Waals surface area contributed by atoms with Crippen molar-refractivity contribution in [3.8, 4) is 11.5 Å². The minimum atomic E-state index is 0.400. The minimum absolute atomic E-state index is 0.400. The van der Waals surface area contributed by atoms with Crippen molar-refractivity contribution in [3.05, 3.63) is 36.3 Å². The standard InChI is InChI=1S/C13H17N3O2/c1-3-16-8-12(14)15-13(16)9-18-11-6-4-10(17-2)5-7-11/h4-8H,3,9,14H2,1-2H3. The molecule has 96 valence electrons. The number of aromatic nitrogens is 2. The third-order valence-corrected chi connectivity index (χ3v) is 2.65. The summed E-state index contributed by atoms with van der Waals surface area (Å²) < 4.78 is 12.7. The summed E-state index contributed by atoms with van der Waals surface area (Å²) in [6.45, 7) is 3.26. The summed E-state index contributed by atoms with van der Waals surface area (Å²) in [5, 5.41) is 0. The van der Waals surface area contributed by atoms with Crippen LogP contribution >= 0.6 is 0 Å². The second-order valence-corrected chi connectivity index (χ2v) is 3.83. The first-order valence-corrected chi connectivity index (χ1v) is 5.81. The number of ether oxygens (including phenoxy) is 2. The second kappa shape index (κ2) is 5.44. The van der Waals surface area contributed by atoms with Crippen LogP contribution in [0.5, 0.6) is 11.5 Å². The van der Waals surface area contributed by atoms with Gasteiger partial charge in [-0.3, -0.25) is 0 Å². The highest BCUT2D eigenvalue weighted by Crippen LogP contribution is 2.18. The first-order chi connectivity index (χ1) is 8.72. The van der Waals surface area contributed by atoms with Gasteiger partial charge in [0.15, 0.2) is 0 Å². The van der Waals surface area contributed by atoms with E-state index in [-0.39, 0.29) is 0 Å². The molecule has 0 aliphatic heterocycles. The van der Waals surface area contributed by atoms with E-state index in [9.17, 15) is 0 Å². The van der Waals surface area contributed by atoms with Gasteiger partial charge in [-0.05, 0) is 31.2 Å². The Labute approximate surface area is 106 Å². The first-order valence-electron chi connectivity index (χ1n) is 5.81. The molecule has 18 heavy (non-hydrogen) atoms. The fraction of sp³-hybridized carbons (Fsp3) is 0.308. The van der Waals surface area contributed by atoms with Gasteiger partial charge < -0.3 is 19.8 Å². The van der Waals surface area contributed by atoms with E-state index in [1.54, 1.807) is 7.11 Å². The van der Waals surface area contributed by atoms with Gasteiger partial charge in [-0.25, -0.2) is 4.98 Å². The lowest BCUT2D eigenvalue weighted by molar-refractivity contribution is 0.289. The van der Waals surface area contributed by atoms with Gasteiger partial charge in [0, 0.05) is 12.7 Å². The third kappa shape index (κ3) is 2.74. The number of imidazole rings is 1. The Morgan fingerprint density at radius 2 is 1.89 bits per heavy atom. The summed E-state index contributed by atoms with van der Waals surface area (Å²) in [6.07, 6.45) is 1.81. The molecule has 2 rings (SSSR count). The van der Waals surface area contributed by atoms with Crippen molar-refractivity contribution in [2.24, 2.45) is 0 Å². The summed E-state index contributed by atoms with van der Waals surface area (Å²) in [6, 6.07) is 7.44. The first kappa shape index (κ1) is 12.3. The number of aryl methyl sites for hydroxylation is 1. The topological polar surface area (TPSA) is 62.3 Å². The Kier molecular flexibility index (Phi) is 3.72. The summed E-state index contributed by atoms with van der Waals surface area (Å²) in [5.41, 5.74) is 5.66. The number of methoxy groups -OCH3 is 1. The van der Waals surface area contributed by atoms with Crippen LogP contribution in [-0.2, 0) is 13.2 Å². The van der Waals surface area contributed by atoms with E-state index in [2.05, 4.69) is 4.98 Å². The maximum atomic E-state index is 5.66. The van der Waals surface area contributed by atoms with Crippen molar-refractivity contribution >= 4 is 5.82 Å². The Morgan fingerprint density at radius 3 is 2.50 bits per heavy atom. The van der Waals surface area contributed by atoms with Crippen LogP contribution in [0.3, 0.4) is 0 Å². The van der Waals surface area contributed by atoms with Gasteiger partial charge in [-0.15, -0.1) is 0 Å². The number of hydrogen-bond donors (Lipinski definition) is 1. The van der Waals surface area contributed by atoms with Gasteiger partial charge in [-0.2, -0.15) is 0 Å². The fourth-order valence-corrected chi connectivity index (χ4v) is 1.69. The van der Waals surface area contributed by atoms with Crippen molar-refractivity contribution in [3.63, 3.8) is 0 Å². The Bertz CT molecular complexity index is 505. The summed E-state index contributed by atoms with van der Waals surface area (Å²) in [4.78, 5) is 4.22. The van der Waals surface area contributed by atoms with E-state index < -0.39 is 0 Å². The number of nitrogens with two attached hydrogens (primary N) is 1. The monoisotopic (exact) mass is 247 g/mol. The van der Waals surface area contributed by atoms with E-state index in [1.165, 1.54) is 0 Å². The third-order valence-electron chi connectivity index (χ3n) is 2.65. The predicted molar refractivity (Wildman–Crippen MR) is 69.6 cm³/mol. The van der Waals surface area contributed by atoms with E-state index >= 15 is 0 Å². The minimum Gasteiger partial charge on any atom is -0.497 e. The molecule has 1 aromatic heterocycles. The van der Waals surface area contributed by atoms with Gasteiger partial charge in [-0.1, -0.05) is 0 Å². The maximum absolute atomic E-state index is 5.66. The summed E-state index contributed by atoms with van der Waals surface area (Å²) in [7, 11) is 1.64. The fourth-order valence-electron chi connectivity index (χ4n) is 1.69. The van der Waals surface area contributed by atoms with Crippen LogP contribution in [0.25, 0.3) is 0 Å². The zero-order chi connectivity index (χ0) is 13.0. The zero-order valence-electron chi connectivity index (χ0n) is 10.6. The van der Waals surface area contributed by atoms with Crippen molar-refractivity contribution < 1.29 is 9.47 Å². The normalized spacial score (nSPS) is 10.3. The van der Waals surface area contributed by atoms with Gasteiger partial charge in [0.1, 0.15) is 29.7 Å². The lowest BCUT2D eigenvalue weighted by Crippen LogP contribution is -2.05. The van der Waals surface area contributed by atoms with Crippen LogP contribution in [0.2, 0.25) is 0 Å². The number of hydrogen-bond acceptors (Lipinski definition) is 4. The van der Waals surface area contributed by atoms with E-state index in [1.807, 2.05) is 42.0 Å². The van der Waals surface area contributed by atoms with E-state index in [0.717, 1.165) is 23.9 Å². The van der Waals surface area contributed by atoms with Gasteiger partial charge >= 0.3 is 0 Å². The highest BCUT2D eigenvalue weighted by molar-refractivity contribution is 5.31. The molecule has 2 aromatic rings. The molecule has 1 heterocycles. The Balaban J connectivity index is 2.01. The molecule has 0 aliphatic carbocycles. The van der Waals surface area contributed by atoms with Crippen LogP contribution in [0.1, 0.15) is 12.7 Å². The number of rotatable bonds is 5. The highest BCUT2D eigenvalue weighted by Gasteiger charge is 2.05. The van der Waals surface area contributed by atoms with Crippen LogP contribution in [-0.4, -0.2) is 16.7 Å². The molecule has 0 unspecified atom stereocenters. The number of anilines is 1. The molecule has 0 saturated heterocycles. The molecule has 0 aliphatic rings. The molecular formula is C13H17N3O2. The van der Waals surface area contributed by atoms with Crippen LogP contribution < -0.4 is 15.2 Å². The largest absolute Gasteiger partial charge is 0.497 e. The van der Waals surface area contributed by atoms with Crippen LogP contribution in [0.15, 0.2) is 30.5 Å². The summed E-state index contributed by atoms with van der Waals surface area (Å²) in [5.74, 6) is 2.93. The smallest absolute Gasteiger partial charge is 0.149 e. The molecule has 5 heteroatoms. The average Bonchev–Trinajstić information content (AvgIpc) is 2.77. The molecule has 0 spiro atoms. The quantitative estimate of drug-likeness (QED) is 0.878. The molecule has 2 N–H and O–H groups in total. The Hall–Kier alpha value is -2.17. The molecule has 1 aromatic carbocycles. The molecule has 5 nitrogen and oxygen atoms in total. The predicted octanol–water partition coefficient (Wildman–Crippen LogP) is 2.07. The van der Waals surface area contributed by atoms with Gasteiger partial charge in [0.2, 0.25) is 0 Å². The molecule has 0 saturated carbocycles. The summed E-state index contributed by atoms with van der Waals surface area (Å²) >= 11 is 0. The van der Waals surface area contributed by atoms with Crippen molar-refractivity contribution in [1.29, 1.82) is 0 Å². The molecule has 0 bridgehead atoms.